The lowest BCUT2D eigenvalue weighted by atomic mass is 10.1. The number of aliphatic hydroxyl groups is 1. The van der Waals surface area contributed by atoms with Crippen LogP contribution in [0, 0.1) is 0 Å². The van der Waals surface area contributed by atoms with Gasteiger partial charge in [0.15, 0.2) is 0 Å². The molecule has 0 spiro atoms. The molecule has 10 nitrogen and oxygen atoms in total. The molecule has 2 aliphatic rings. The van der Waals surface area contributed by atoms with Crippen molar-refractivity contribution in [3.8, 4) is 0 Å². The molecular formula is C21H14O10. The quantitative estimate of drug-likeness (QED) is 0.313. The molecule has 0 saturated carbocycles. The van der Waals surface area contributed by atoms with E-state index in [4.69, 9.17) is 9.47 Å². The number of ether oxygens (including phenoxy) is 4. The van der Waals surface area contributed by atoms with E-state index in [-0.39, 0.29) is 53.0 Å². The predicted molar refractivity (Wildman–Crippen MR) is 98.2 cm³/mol. The van der Waals surface area contributed by atoms with Crippen molar-refractivity contribution in [3.05, 3.63) is 69.8 Å². The molecular weight excluding hydrogens is 412 g/mol. The zero-order valence-corrected chi connectivity index (χ0v) is 15.8. The van der Waals surface area contributed by atoms with Gasteiger partial charge in [0.25, 0.3) is 0 Å². The molecule has 0 fully saturated rings. The fourth-order valence-corrected chi connectivity index (χ4v) is 3.07. The highest BCUT2D eigenvalue weighted by atomic mass is 16.6. The van der Waals surface area contributed by atoms with Crippen LogP contribution >= 0.6 is 0 Å². The van der Waals surface area contributed by atoms with Crippen LogP contribution in [-0.2, 0) is 18.9 Å². The molecule has 0 aliphatic carbocycles. The molecule has 0 amide bonds. The molecule has 1 N–H and O–H groups in total. The molecule has 0 radical (unpaired) electrons. The number of fused-ring (bicyclic) bond motifs is 2. The largest absolute Gasteiger partial charge is 0.462 e. The Hall–Kier alpha value is -4.05. The van der Waals surface area contributed by atoms with Gasteiger partial charge < -0.3 is 24.1 Å². The first-order valence-electron chi connectivity index (χ1n) is 9.13. The molecule has 158 valence electrons. The van der Waals surface area contributed by atoms with Crippen LogP contribution < -0.4 is 0 Å². The second kappa shape index (κ2) is 8.00. The van der Waals surface area contributed by atoms with Crippen molar-refractivity contribution < 1.29 is 48.0 Å². The van der Waals surface area contributed by atoms with Crippen LogP contribution in [0.25, 0.3) is 0 Å². The number of cyclic esters (lactones) is 3. The predicted octanol–water partition coefficient (Wildman–Crippen LogP) is 1.56. The van der Waals surface area contributed by atoms with Gasteiger partial charge in [-0.25, -0.2) is 24.0 Å². The van der Waals surface area contributed by atoms with Gasteiger partial charge in [-0.3, -0.25) is 0 Å². The van der Waals surface area contributed by atoms with Gasteiger partial charge in [-0.1, -0.05) is 6.07 Å². The highest BCUT2D eigenvalue weighted by molar-refractivity contribution is 6.15. The Bertz CT molecular complexity index is 1130. The third-order valence-electron chi connectivity index (χ3n) is 4.63. The molecule has 2 aliphatic heterocycles. The lowest BCUT2D eigenvalue weighted by Gasteiger charge is -2.07. The second-order valence-corrected chi connectivity index (χ2v) is 6.62. The first-order valence-corrected chi connectivity index (χ1v) is 9.13. The summed E-state index contributed by atoms with van der Waals surface area (Å²) in [6.45, 7) is -0.115. The summed E-state index contributed by atoms with van der Waals surface area (Å²) in [7, 11) is 0. The molecule has 1 atom stereocenters. The monoisotopic (exact) mass is 426 g/mol. The van der Waals surface area contributed by atoms with Crippen LogP contribution in [0.3, 0.4) is 0 Å². The van der Waals surface area contributed by atoms with Crippen molar-refractivity contribution in [2.24, 2.45) is 0 Å². The van der Waals surface area contributed by atoms with Crippen molar-refractivity contribution in [1.29, 1.82) is 0 Å². The lowest BCUT2D eigenvalue weighted by molar-refractivity contribution is -0.0548. The molecule has 2 aromatic rings. The maximum atomic E-state index is 12.1. The molecule has 10 heteroatoms. The second-order valence-electron chi connectivity index (χ2n) is 6.62. The van der Waals surface area contributed by atoms with Gasteiger partial charge in [-0.05, 0) is 30.3 Å². The van der Waals surface area contributed by atoms with E-state index in [2.05, 4.69) is 9.47 Å². The van der Waals surface area contributed by atoms with Gasteiger partial charge in [0, 0.05) is 12.0 Å². The smallest absolute Gasteiger partial charge is 0.346 e. The average molecular weight is 426 g/mol. The van der Waals surface area contributed by atoms with E-state index in [9.17, 15) is 29.1 Å². The number of benzene rings is 2. The highest BCUT2D eigenvalue weighted by Crippen LogP contribution is 2.29. The summed E-state index contributed by atoms with van der Waals surface area (Å²) < 4.78 is 19.3. The zero-order chi connectivity index (χ0) is 22.1. The Balaban J connectivity index is 1.25. The highest BCUT2D eigenvalue weighted by Gasteiger charge is 2.31. The maximum Gasteiger partial charge on any atom is 0.346 e. The summed E-state index contributed by atoms with van der Waals surface area (Å²) in [5, 5.41) is 9.54. The van der Waals surface area contributed by atoms with Crippen molar-refractivity contribution in [3.63, 3.8) is 0 Å². The van der Waals surface area contributed by atoms with Crippen molar-refractivity contribution in [2.45, 2.75) is 12.7 Å². The van der Waals surface area contributed by atoms with Gasteiger partial charge in [0.2, 0.25) is 6.29 Å². The Morgan fingerprint density at radius 1 is 0.806 bits per heavy atom. The van der Waals surface area contributed by atoms with Gasteiger partial charge in [0.05, 0.1) is 41.0 Å². The number of rotatable bonds is 6. The number of hydrogen-bond donors (Lipinski definition) is 1. The fourth-order valence-electron chi connectivity index (χ4n) is 3.07. The molecule has 2 aromatic carbocycles. The third kappa shape index (κ3) is 3.88. The summed E-state index contributed by atoms with van der Waals surface area (Å²) >= 11 is 0. The van der Waals surface area contributed by atoms with E-state index < -0.39 is 36.1 Å². The number of esters is 5. The molecule has 0 bridgehead atoms. The van der Waals surface area contributed by atoms with Crippen LogP contribution in [0.1, 0.15) is 70.1 Å². The topological polar surface area (TPSA) is 143 Å². The molecule has 0 saturated heterocycles. The maximum absolute atomic E-state index is 12.1. The molecule has 0 aromatic heterocycles. The molecule has 2 heterocycles. The first kappa shape index (κ1) is 20.2. The summed E-state index contributed by atoms with van der Waals surface area (Å²) in [6.07, 6.45) is -1.15. The van der Waals surface area contributed by atoms with Crippen LogP contribution in [0.15, 0.2) is 36.4 Å². The number of hydrogen-bond acceptors (Lipinski definition) is 10. The van der Waals surface area contributed by atoms with E-state index in [1.807, 2.05) is 0 Å². The normalized spacial score (nSPS) is 16.3. The lowest BCUT2D eigenvalue weighted by Crippen LogP contribution is -2.12. The summed E-state index contributed by atoms with van der Waals surface area (Å²) in [5.41, 5.74) is 0.645. The van der Waals surface area contributed by atoms with Crippen LogP contribution in [-0.4, -0.2) is 48.2 Å². The summed E-state index contributed by atoms with van der Waals surface area (Å²) in [6, 6.07) is 7.96. The van der Waals surface area contributed by atoms with E-state index in [1.165, 1.54) is 36.4 Å². The Morgan fingerprint density at radius 2 is 1.39 bits per heavy atom. The number of carbonyl (C=O) groups is 5. The molecule has 4 rings (SSSR count). The number of carbonyl (C=O) groups excluding carboxylic acids is 5. The summed E-state index contributed by atoms with van der Waals surface area (Å²) in [5.74, 6) is -3.72. The van der Waals surface area contributed by atoms with E-state index >= 15 is 0 Å². The van der Waals surface area contributed by atoms with Crippen LogP contribution in [0.5, 0.6) is 0 Å². The van der Waals surface area contributed by atoms with Crippen molar-refractivity contribution in [2.75, 3.05) is 13.2 Å². The van der Waals surface area contributed by atoms with Crippen LogP contribution in [0.4, 0.5) is 0 Å². The minimum atomic E-state index is -1.35. The van der Waals surface area contributed by atoms with Gasteiger partial charge in [0.1, 0.15) is 0 Å². The molecule has 31 heavy (non-hydrogen) atoms. The Labute approximate surface area is 174 Å². The molecule has 1 unspecified atom stereocenters. The van der Waals surface area contributed by atoms with Crippen molar-refractivity contribution >= 4 is 29.8 Å². The van der Waals surface area contributed by atoms with E-state index in [0.717, 1.165) is 0 Å². The van der Waals surface area contributed by atoms with Crippen molar-refractivity contribution in [1.82, 2.24) is 0 Å². The average Bonchev–Trinajstić information content (AvgIpc) is 3.21. The SMILES string of the molecule is O=C(OCCCOC(=O)c1ccc2c(c1)C(=O)OC2O)c1ccc2c(c1)C(=O)OC2=O. The Morgan fingerprint density at radius 3 is 2.06 bits per heavy atom. The number of aliphatic hydroxyl groups excluding tert-OH is 1. The first-order chi connectivity index (χ1) is 14.8. The Kier molecular flexibility index (Phi) is 5.22. The van der Waals surface area contributed by atoms with E-state index in [1.54, 1.807) is 0 Å². The zero-order valence-electron chi connectivity index (χ0n) is 15.8. The van der Waals surface area contributed by atoms with Gasteiger partial charge in [-0.2, -0.15) is 0 Å². The van der Waals surface area contributed by atoms with Crippen LogP contribution in [0.2, 0.25) is 0 Å². The minimum Gasteiger partial charge on any atom is -0.462 e. The third-order valence-corrected chi connectivity index (χ3v) is 4.63. The van der Waals surface area contributed by atoms with E-state index in [0.29, 0.717) is 0 Å². The minimum absolute atomic E-state index is 0.000809. The van der Waals surface area contributed by atoms with Gasteiger partial charge >= 0.3 is 29.8 Å². The summed E-state index contributed by atoms with van der Waals surface area (Å²) in [4.78, 5) is 58.7. The fraction of sp³-hybridized carbons (Fsp3) is 0.190. The van der Waals surface area contributed by atoms with Gasteiger partial charge in [-0.15, -0.1) is 0 Å². The standard InChI is InChI=1S/C21H14O10/c22-16(10-2-4-12-14(8-10)20(26)30-18(12)24)28-6-1-7-29-17(23)11-3-5-13-15(9-11)21(27)31-19(13)25/h2-5,8-9,18,24H,1,6-7H2.